The van der Waals surface area contributed by atoms with Gasteiger partial charge in [0.2, 0.25) is 5.91 Å². The summed E-state index contributed by atoms with van der Waals surface area (Å²) in [6, 6.07) is 1.93. The molecule has 5 heteroatoms. The quantitative estimate of drug-likeness (QED) is 0.841. The van der Waals surface area contributed by atoms with Crippen LogP contribution >= 0.6 is 23.2 Å². The summed E-state index contributed by atoms with van der Waals surface area (Å²) in [5.41, 5.74) is 3.51. The molecule has 0 spiro atoms. The van der Waals surface area contributed by atoms with Crippen LogP contribution in [0.1, 0.15) is 23.4 Å². The van der Waals surface area contributed by atoms with Crippen LogP contribution in [-0.2, 0) is 4.79 Å². The Labute approximate surface area is 111 Å². The lowest BCUT2D eigenvalue weighted by atomic mass is 10.1. The smallest absolute Gasteiger partial charge is 0.230 e. The van der Waals surface area contributed by atoms with Crippen molar-refractivity contribution in [3.05, 3.63) is 23.0 Å². The van der Waals surface area contributed by atoms with Crippen molar-refractivity contribution in [2.24, 2.45) is 5.92 Å². The molecule has 1 aliphatic carbocycles. The molecule has 0 aromatic carbocycles. The minimum Gasteiger partial charge on any atom is -0.324 e. The number of carbonyl (C=O) groups is 1. The Hall–Kier alpha value is -0.800. The third-order valence-corrected chi connectivity index (χ3v) is 3.75. The summed E-state index contributed by atoms with van der Waals surface area (Å²) in [5, 5.41) is 2.85. The number of carbonyl (C=O) groups excluding carboxylic acids is 1. The maximum Gasteiger partial charge on any atom is 0.230 e. The van der Waals surface area contributed by atoms with Gasteiger partial charge in [0.05, 0.1) is 17.3 Å². The number of rotatable bonds is 2. The molecule has 92 valence electrons. The summed E-state index contributed by atoms with van der Waals surface area (Å²) in [7, 11) is 0. The van der Waals surface area contributed by atoms with Crippen molar-refractivity contribution in [2.75, 3.05) is 5.32 Å². The molecule has 1 fully saturated rings. The number of pyridine rings is 1. The molecule has 0 bridgehead atoms. The van der Waals surface area contributed by atoms with Gasteiger partial charge < -0.3 is 5.32 Å². The van der Waals surface area contributed by atoms with Gasteiger partial charge in [-0.25, -0.2) is 0 Å². The monoisotopic (exact) mass is 272 g/mol. The van der Waals surface area contributed by atoms with Gasteiger partial charge in [0.25, 0.3) is 0 Å². The summed E-state index contributed by atoms with van der Waals surface area (Å²) < 4.78 is -0.885. The molecule has 1 aliphatic rings. The predicted molar refractivity (Wildman–Crippen MR) is 69.6 cm³/mol. The van der Waals surface area contributed by atoms with Crippen molar-refractivity contribution in [1.82, 2.24) is 4.98 Å². The molecule has 0 aliphatic heterocycles. The molecule has 1 aromatic heterocycles. The van der Waals surface area contributed by atoms with E-state index in [1.54, 1.807) is 0 Å². The number of alkyl halides is 2. The fourth-order valence-corrected chi connectivity index (χ4v) is 2.43. The number of halogens is 2. The molecule has 3 nitrogen and oxygen atoms in total. The molecule has 0 saturated heterocycles. The van der Waals surface area contributed by atoms with E-state index in [2.05, 4.69) is 10.3 Å². The van der Waals surface area contributed by atoms with E-state index < -0.39 is 4.33 Å². The topological polar surface area (TPSA) is 42.0 Å². The molecule has 2 rings (SSSR count). The molecule has 1 unspecified atom stereocenters. The SMILES string of the molecule is Cc1cc(C)c(NC(=O)C2CC2(Cl)Cl)c(C)n1. The zero-order chi connectivity index (χ0) is 12.8. The summed E-state index contributed by atoms with van der Waals surface area (Å²) in [4.78, 5) is 16.2. The number of aryl methyl sites for hydroxylation is 3. The van der Waals surface area contributed by atoms with Gasteiger partial charge >= 0.3 is 0 Å². The van der Waals surface area contributed by atoms with E-state index in [0.717, 1.165) is 22.6 Å². The Morgan fingerprint density at radius 1 is 1.47 bits per heavy atom. The van der Waals surface area contributed by atoms with Gasteiger partial charge in [-0.1, -0.05) is 0 Å². The van der Waals surface area contributed by atoms with E-state index >= 15 is 0 Å². The minimum atomic E-state index is -0.885. The molecule has 17 heavy (non-hydrogen) atoms. The summed E-state index contributed by atoms with van der Waals surface area (Å²) in [6.07, 6.45) is 0.513. The lowest BCUT2D eigenvalue weighted by Gasteiger charge is -2.12. The Bertz CT molecular complexity index is 462. The van der Waals surface area contributed by atoms with E-state index in [1.807, 2.05) is 26.8 Å². The molecule has 1 aromatic rings. The van der Waals surface area contributed by atoms with Gasteiger partial charge in [-0.15, -0.1) is 23.2 Å². The number of nitrogens with one attached hydrogen (secondary N) is 1. The highest BCUT2D eigenvalue weighted by atomic mass is 35.5. The molecule has 1 heterocycles. The van der Waals surface area contributed by atoms with Crippen LogP contribution in [0.5, 0.6) is 0 Å². The molecular weight excluding hydrogens is 259 g/mol. The number of aromatic nitrogens is 1. The summed E-state index contributed by atoms with van der Waals surface area (Å²) in [6.45, 7) is 5.74. The van der Waals surface area contributed by atoms with E-state index in [0.29, 0.717) is 6.42 Å². The Balaban J connectivity index is 2.17. The van der Waals surface area contributed by atoms with E-state index in [1.165, 1.54) is 0 Å². The van der Waals surface area contributed by atoms with Crippen LogP contribution in [0, 0.1) is 26.7 Å². The van der Waals surface area contributed by atoms with Crippen molar-refractivity contribution in [1.29, 1.82) is 0 Å². The molecule has 1 atom stereocenters. The van der Waals surface area contributed by atoms with Gasteiger partial charge in [-0.2, -0.15) is 0 Å². The van der Waals surface area contributed by atoms with Gasteiger partial charge in [-0.3, -0.25) is 9.78 Å². The third-order valence-electron chi connectivity index (χ3n) is 2.92. The molecular formula is C12H14Cl2N2O. The first-order valence-electron chi connectivity index (χ1n) is 5.45. The first-order valence-corrected chi connectivity index (χ1v) is 6.20. The van der Waals surface area contributed by atoms with Crippen molar-refractivity contribution >= 4 is 34.8 Å². The number of hydrogen-bond donors (Lipinski definition) is 1. The fraction of sp³-hybridized carbons (Fsp3) is 0.500. The maximum atomic E-state index is 11.9. The predicted octanol–water partition coefficient (Wildman–Crippen LogP) is 3.14. The lowest BCUT2D eigenvalue weighted by molar-refractivity contribution is -0.117. The van der Waals surface area contributed by atoms with Crippen molar-refractivity contribution in [3.63, 3.8) is 0 Å². The maximum absolute atomic E-state index is 11.9. The van der Waals surface area contributed by atoms with Gasteiger partial charge in [0.15, 0.2) is 0 Å². The Morgan fingerprint density at radius 2 is 2.06 bits per heavy atom. The second kappa shape index (κ2) is 4.14. The number of amides is 1. The van der Waals surface area contributed by atoms with Crippen LogP contribution in [0.15, 0.2) is 6.07 Å². The van der Waals surface area contributed by atoms with Crippen molar-refractivity contribution in [3.8, 4) is 0 Å². The van der Waals surface area contributed by atoms with Gasteiger partial charge in [-0.05, 0) is 38.8 Å². The normalized spacial score (nSPS) is 21.1. The third kappa shape index (κ3) is 2.55. The Morgan fingerprint density at radius 3 is 2.53 bits per heavy atom. The van der Waals surface area contributed by atoms with Gasteiger partial charge in [0, 0.05) is 5.69 Å². The lowest BCUT2D eigenvalue weighted by Crippen LogP contribution is -2.18. The molecule has 1 N–H and O–H groups in total. The zero-order valence-corrected chi connectivity index (χ0v) is 11.5. The highest BCUT2D eigenvalue weighted by Crippen LogP contribution is 2.53. The highest BCUT2D eigenvalue weighted by Gasteiger charge is 2.56. The zero-order valence-electron chi connectivity index (χ0n) is 9.97. The number of hydrogen-bond acceptors (Lipinski definition) is 2. The average Bonchev–Trinajstić information content (AvgIpc) is 2.81. The van der Waals surface area contributed by atoms with E-state index in [-0.39, 0.29) is 11.8 Å². The first kappa shape index (κ1) is 12.7. The fourth-order valence-electron chi connectivity index (χ4n) is 1.92. The van der Waals surface area contributed by atoms with Crippen molar-refractivity contribution < 1.29 is 4.79 Å². The number of anilines is 1. The van der Waals surface area contributed by atoms with Crippen molar-refractivity contribution in [2.45, 2.75) is 31.5 Å². The van der Waals surface area contributed by atoms with E-state index in [4.69, 9.17) is 23.2 Å². The minimum absolute atomic E-state index is 0.133. The molecule has 1 amide bonds. The largest absolute Gasteiger partial charge is 0.324 e. The van der Waals surface area contributed by atoms with Crippen LogP contribution in [0.4, 0.5) is 5.69 Å². The summed E-state index contributed by atoms with van der Waals surface area (Å²) >= 11 is 11.7. The molecule has 1 saturated carbocycles. The Kier molecular flexibility index (Phi) is 3.08. The van der Waals surface area contributed by atoms with Crippen LogP contribution in [0.2, 0.25) is 0 Å². The second-order valence-corrected chi connectivity index (χ2v) is 6.09. The average molecular weight is 273 g/mol. The van der Waals surface area contributed by atoms with Crippen LogP contribution in [0.3, 0.4) is 0 Å². The first-order chi connectivity index (χ1) is 7.81. The standard InChI is InChI=1S/C12H14Cl2N2O/c1-6-4-7(2)15-8(3)10(6)16-11(17)9-5-12(9,13)14/h4,9H,5H2,1-3H3,(H,16,17). The van der Waals surface area contributed by atoms with Gasteiger partial charge in [0.1, 0.15) is 4.33 Å². The number of nitrogens with zero attached hydrogens (tertiary/aromatic N) is 1. The second-order valence-electron chi connectivity index (χ2n) is 4.55. The van der Waals surface area contributed by atoms with Crippen LogP contribution in [-0.4, -0.2) is 15.2 Å². The van der Waals surface area contributed by atoms with Crippen LogP contribution < -0.4 is 5.32 Å². The van der Waals surface area contributed by atoms with E-state index in [9.17, 15) is 4.79 Å². The highest BCUT2D eigenvalue weighted by molar-refractivity contribution is 6.52. The van der Waals surface area contributed by atoms with Crippen LogP contribution in [0.25, 0.3) is 0 Å². The summed E-state index contributed by atoms with van der Waals surface area (Å²) in [5.74, 6) is -0.446. The molecule has 0 radical (unpaired) electrons.